The normalized spacial score (nSPS) is 13.5. The number of aromatic nitrogens is 2. The number of nitrogens with zero attached hydrogens (tertiary/aromatic N) is 2. The maximum Gasteiger partial charge on any atom is 0.270 e. The number of fused-ring (bicyclic) bond motifs is 1. The number of halogens is 2. The lowest BCUT2D eigenvalue weighted by atomic mass is 10.1. The van der Waals surface area contributed by atoms with E-state index in [1.54, 1.807) is 19.1 Å². The second-order valence-corrected chi connectivity index (χ2v) is 5.41. The maximum absolute atomic E-state index is 13.8. The predicted octanol–water partition coefficient (Wildman–Crippen LogP) is 2.48. The Morgan fingerprint density at radius 3 is 3.00 bits per heavy atom. The third kappa shape index (κ3) is 2.74. The molecule has 0 atom stereocenters. The number of rotatable bonds is 3. The average molecular weight is 321 g/mol. The molecule has 7 heteroatoms. The molecule has 5 nitrogen and oxygen atoms in total. The van der Waals surface area contributed by atoms with Crippen LogP contribution in [-0.4, -0.2) is 22.4 Å². The van der Waals surface area contributed by atoms with E-state index in [9.17, 15) is 9.18 Å². The van der Waals surface area contributed by atoms with Crippen LogP contribution in [0.3, 0.4) is 0 Å². The fourth-order valence-electron chi connectivity index (χ4n) is 2.42. The molecule has 3 rings (SSSR count). The monoisotopic (exact) mass is 320 g/mol. The molecule has 2 aromatic rings. The molecule has 114 valence electrons. The molecular weight excluding hydrogens is 307 g/mol. The highest BCUT2D eigenvalue weighted by Crippen LogP contribution is 2.23. The summed E-state index contributed by atoms with van der Waals surface area (Å²) >= 11 is 6.02. The minimum atomic E-state index is -0.377. The lowest BCUT2D eigenvalue weighted by Gasteiger charge is -2.19. The van der Waals surface area contributed by atoms with Gasteiger partial charge in [0, 0.05) is 29.2 Å². The summed E-state index contributed by atoms with van der Waals surface area (Å²) in [5, 5.41) is 6.17. The zero-order chi connectivity index (χ0) is 15.7. The molecular formula is C15H14ClFN4O. The van der Waals surface area contributed by atoms with Gasteiger partial charge in [-0.15, -0.1) is 0 Å². The van der Waals surface area contributed by atoms with Crippen LogP contribution in [0.4, 0.5) is 10.2 Å². The Labute approximate surface area is 131 Å². The highest BCUT2D eigenvalue weighted by molar-refractivity contribution is 6.31. The van der Waals surface area contributed by atoms with Crippen molar-refractivity contribution in [3.8, 4) is 0 Å². The second kappa shape index (κ2) is 5.88. The van der Waals surface area contributed by atoms with Gasteiger partial charge in [0.05, 0.1) is 0 Å². The predicted molar refractivity (Wildman–Crippen MR) is 81.5 cm³/mol. The fourth-order valence-corrected chi connectivity index (χ4v) is 2.65. The maximum atomic E-state index is 13.8. The SMILES string of the molecule is Cc1nc(NCc2c(F)cccc2Cl)c2c(n1)C(=O)NCC2. The van der Waals surface area contributed by atoms with Gasteiger partial charge in [-0.2, -0.15) is 0 Å². The summed E-state index contributed by atoms with van der Waals surface area (Å²) in [6.07, 6.45) is 0.634. The van der Waals surface area contributed by atoms with E-state index in [4.69, 9.17) is 11.6 Å². The molecule has 2 heterocycles. The van der Waals surface area contributed by atoms with Gasteiger partial charge < -0.3 is 10.6 Å². The number of anilines is 1. The fraction of sp³-hybridized carbons (Fsp3) is 0.267. The standard InChI is InChI=1S/C15H14ClFN4O/c1-8-20-13-9(5-6-18-15(13)22)14(21-8)19-7-10-11(16)3-2-4-12(10)17/h2-4H,5-7H2,1H3,(H,18,22)(H,19,20,21). The van der Waals surface area contributed by atoms with E-state index < -0.39 is 0 Å². The van der Waals surface area contributed by atoms with Gasteiger partial charge in [-0.3, -0.25) is 4.79 Å². The van der Waals surface area contributed by atoms with Gasteiger partial charge in [0.2, 0.25) is 0 Å². The van der Waals surface area contributed by atoms with Crippen molar-refractivity contribution in [2.45, 2.75) is 19.9 Å². The van der Waals surface area contributed by atoms with Crippen molar-refractivity contribution in [2.75, 3.05) is 11.9 Å². The first-order valence-corrected chi connectivity index (χ1v) is 7.26. The molecule has 1 aromatic carbocycles. The molecule has 0 saturated heterocycles. The van der Waals surface area contributed by atoms with Crippen molar-refractivity contribution in [2.24, 2.45) is 0 Å². The van der Waals surface area contributed by atoms with Crippen molar-refractivity contribution in [1.29, 1.82) is 0 Å². The summed E-state index contributed by atoms with van der Waals surface area (Å²) in [5.74, 6) is 0.450. The minimum Gasteiger partial charge on any atom is -0.365 e. The Kier molecular flexibility index (Phi) is 3.94. The average Bonchev–Trinajstić information content (AvgIpc) is 2.47. The minimum absolute atomic E-state index is 0.190. The van der Waals surface area contributed by atoms with E-state index in [1.165, 1.54) is 6.07 Å². The quantitative estimate of drug-likeness (QED) is 0.911. The Bertz CT molecular complexity index is 730. The van der Waals surface area contributed by atoms with Gasteiger partial charge in [0.25, 0.3) is 5.91 Å². The van der Waals surface area contributed by atoms with Crippen LogP contribution >= 0.6 is 11.6 Å². The Morgan fingerprint density at radius 2 is 2.23 bits per heavy atom. The lowest BCUT2D eigenvalue weighted by Crippen LogP contribution is -2.34. The van der Waals surface area contributed by atoms with Crippen LogP contribution in [0.1, 0.15) is 27.4 Å². The highest BCUT2D eigenvalue weighted by atomic mass is 35.5. The van der Waals surface area contributed by atoms with Gasteiger partial charge in [-0.05, 0) is 25.5 Å². The number of carbonyl (C=O) groups excluding carboxylic acids is 1. The van der Waals surface area contributed by atoms with Crippen LogP contribution in [0, 0.1) is 12.7 Å². The Balaban J connectivity index is 1.91. The smallest absolute Gasteiger partial charge is 0.270 e. The molecule has 0 spiro atoms. The van der Waals surface area contributed by atoms with Gasteiger partial charge in [-0.25, -0.2) is 14.4 Å². The van der Waals surface area contributed by atoms with Gasteiger partial charge in [0.15, 0.2) is 0 Å². The largest absolute Gasteiger partial charge is 0.365 e. The van der Waals surface area contributed by atoms with Crippen molar-refractivity contribution in [3.63, 3.8) is 0 Å². The number of hydrogen-bond acceptors (Lipinski definition) is 4. The van der Waals surface area contributed by atoms with E-state index in [2.05, 4.69) is 20.6 Å². The van der Waals surface area contributed by atoms with Crippen LogP contribution in [0.2, 0.25) is 5.02 Å². The Morgan fingerprint density at radius 1 is 1.41 bits per heavy atom. The molecule has 0 bridgehead atoms. The van der Waals surface area contributed by atoms with Crippen molar-refractivity contribution in [1.82, 2.24) is 15.3 Å². The van der Waals surface area contributed by atoms with Crippen LogP contribution in [0.5, 0.6) is 0 Å². The van der Waals surface area contributed by atoms with Crippen LogP contribution in [-0.2, 0) is 13.0 Å². The molecule has 0 unspecified atom stereocenters. The van der Waals surface area contributed by atoms with Crippen molar-refractivity contribution >= 4 is 23.3 Å². The van der Waals surface area contributed by atoms with Crippen LogP contribution in [0.25, 0.3) is 0 Å². The molecule has 0 aliphatic carbocycles. The number of carbonyl (C=O) groups is 1. The summed E-state index contributed by atoms with van der Waals surface area (Å²) in [5.41, 5.74) is 1.50. The molecule has 1 aliphatic rings. The third-order valence-electron chi connectivity index (χ3n) is 3.49. The molecule has 1 amide bonds. The van der Waals surface area contributed by atoms with E-state index in [0.29, 0.717) is 40.9 Å². The van der Waals surface area contributed by atoms with Crippen molar-refractivity contribution < 1.29 is 9.18 Å². The first kappa shape index (κ1) is 14.7. The van der Waals surface area contributed by atoms with Crippen LogP contribution in [0.15, 0.2) is 18.2 Å². The van der Waals surface area contributed by atoms with Gasteiger partial charge in [0.1, 0.15) is 23.2 Å². The number of hydrogen-bond donors (Lipinski definition) is 2. The summed E-state index contributed by atoms with van der Waals surface area (Å²) in [6.45, 7) is 2.44. The molecule has 0 fully saturated rings. The van der Waals surface area contributed by atoms with Gasteiger partial charge >= 0.3 is 0 Å². The molecule has 22 heavy (non-hydrogen) atoms. The topological polar surface area (TPSA) is 66.9 Å². The zero-order valence-corrected chi connectivity index (χ0v) is 12.7. The number of nitrogens with one attached hydrogen (secondary N) is 2. The molecule has 2 N–H and O–H groups in total. The van der Waals surface area contributed by atoms with Crippen molar-refractivity contribution in [3.05, 3.63) is 51.7 Å². The number of benzene rings is 1. The molecule has 0 saturated carbocycles. The van der Waals surface area contributed by atoms with Crippen LogP contribution < -0.4 is 10.6 Å². The number of amides is 1. The van der Waals surface area contributed by atoms with Gasteiger partial charge in [-0.1, -0.05) is 17.7 Å². The Hall–Kier alpha value is -2.21. The summed E-state index contributed by atoms with van der Waals surface area (Å²) in [7, 11) is 0. The summed E-state index contributed by atoms with van der Waals surface area (Å²) in [6, 6.07) is 4.55. The molecule has 1 aliphatic heterocycles. The summed E-state index contributed by atoms with van der Waals surface area (Å²) < 4.78 is 13.8. The first-order chi connectivity index (χ1) is 10.6. The molecule has 0 radical (unpaired) electrons. The lowest BCUT2D eigenvalue weighted by molar-refractivity contribution is 0.0940. The van der Waals surface area contributed by atoms with E-state index >= 15 is 0 Å². The highest BCUT2D eigenvalue weighted by Gasteiger charge is 2.23. The number of aryl methyl sites for hydroxylation is 1. The van der Waals surface area contributed by atoms with E-state index in [0.717, 1.165) is 5.56 Å². The van der Waals surface area contributed by atoms with E-state index in [-0.39, 0.29) is 18.3 Å². The summed E-state index contributed by atoms with van der Waals surface area (Å²) in [4.78, 5) is 20.4. The second-order valence-electron chi connectivity index (χ2n) is 5.01. The first-order valence-electron chi connectivity index (χ1n) is 6.88. The third-order valence-corrected chi connectivity index (χ3v) is 3.84. The molecule has 1 aromatic heterocycles. The zero-order valence-electron chi connectivity index (χ0n) is 11.9. The van der Waals surface area contributed by atoms with E-state index in [1.807, 2.05) is 0 Å².